The molecule has 5 nitrogen and oxygen atoms in total. The number of hydrogen-bond donors (Lipinski definition) is 1. The molecule has 0 saturated carbocycles. The fourth-order valence-corrected chi connectivity index (χ4v) is 1.59. The normalized spacial score (nSPS) is 11.2. The van der Waals surface area contributed by atoms with Crippen molar-refractivity contribution >= 4 is 11.6 Å². The first-order valence-electron chi connectivity index (χ1n) is 5.21. The standard InChI is InChI=1S/C11H14N4O/c1-7(2)5-10-14-13-9-4-3-8(11(12)16)6-15(9)10/h3-4,6-7H,5H2,1-2H3,(H2,12,16). The van der Waals surface area contributed by atoms with E-state index >= 15 is 0 Å². The summed E-state index contributed by atoms with van der Waals surface area (Å²) in [5.41, 5.74) is 6.44. The minimum atomic E-state index is -0.439. The molecular weight excluding hydrogens is 204 g/mol. The Morgan fingerprint density at radius 2 is 2.19 bits per heavy atom. The molecule has 2 aromatic heterocycles. The fraction of sp³-hybridized carbons (Fsp3) is 0.364. The molecule has 2 aromatic rings. The molecule has 16 heavy (non-hydrogen) atoms. The number of nitrogens with zero attached hydrogens (tertiary/aromatic N) is 3. The van der Waals surface area contributed by atoms with Crippen molar-refractivity contribution in [3.05, 3.63) is 29.7 Å². The van der Waals surface area contributed by atoms with E-state index in [-0.39, 0.29) is 0 Å². The number of pyridine rings is 1. The molecular formula is C11H14N4O. The Morgan fingerprint density at radius 1 is 1.44 bits per heavy atom. The largest absolute Gasteiger partial charge is 0.366 e. The molecule has 1 amide bonds. The Hall–Kier alpha value is -1.91. The summed E-state index contributed by atoms with van der Waals surface area (Å²) < 4.78 is 1.82. The number of aromatic nitrogens is 3. The Bertz CT molecular complexity index is 530. The van der Waals surface area contributed by atoms with Crippen molar-refractivity contribution in [1.82, 2.24) is 14.6 Å². The third-order valence-electron chi connectivity index (χ3n) is 2.35. The van der Waals surface area contributed by atoms with Crippen LogP contribution in [0.3, 0.4) is 0 Å². The molecule has 0 spiro atoms. The van der Waals surface area contributed by atoms with Crippen LogP contribution in [0.4, 0.5) is 0 Å². The minimum absolute atomic E-state index is 0.439. The molecule has 2 N–H and O–H groups in total. The lowest BCUT2D eigenvalue weighted by atomic mass is 10.1. The second-order valence-corrected chi connectivity index (χ2v) is 4.22. The van der Waals surface area contributed by atoms with Crippen LogP contribution in [0.5, 0.6) is 0 Å². The molecule has 2 heterocycles. The molecule has 0 aliphatic heterocycles. The van der Waals surface area contributed by atoms with Gasteiger partial charge in [0, 0.05) is 12.6 Å². The van der Waals surface area contributed by atoms with Gasteiger partial charge in [0.25, 0.3) is 0 Å². The lowest BCUT2D eigenvalue weighted by Gasteiger charge is -2.03. The van der Waals surface area contributed by atoms with E-state index < -0.39 is 5.91 Å². The van der Waals surface area contributed by atoms with E-state index in [1.807, 2.05) is 4.40 Å². The summed E-state index contributed by atoms with van der Waals surface area (Å²) in [4.78, 5) is 11.1. The highest BCUT2D eigenvalue weighted by Gasteiger charge is 2.09. The lowest BCUT2D eigenvalue weighted by Crippen LogP contribution is -2.12. The van der Waals surface area contributed by atoms with Crippen molar-refractivity contribution in [1.29, 1.82) is 0 Å². The van der Waals surface area contributed by atoms with Crippen molar-refractivity contribution in [3.63, 3.8) is 0 Å². The summed E-state index contributed by atoms with van der Waals surface area (Å²) in [5, 5.41) is 8.13. The molecule has 0 bridgehead atoms. The van der Waals surface area contributed by atoms with Crippen LogP contribution in [0, 0.1) is 5.92 Å². The zero-order valence-electron chi connectivity index (χ0n) is 9.34. The number of carbonyl (C=O) groups excluding carboxylic acids is 1. The van der Waals surface area contributed by atoms with Crippen LogP contribution in [0.1, 0.15) is 30.0 Å². The van der Waals surface area contributed by atoms with E-state index in [2.05, 4.69) is 24.0 Å². The molecule has 0 radical (unpaired) electrons. The quantitative estimate of drug-likeness (QED) is 0.836. The number of nitrogens with two attached hydrogens (primary N) is 1. The molecule has 0 aliphatic rings. The van der Waals surface area contributed by atoms with Gasteiger partial charge in [0.05, 0.1) is 5.56 Å². The SMILES string of the molecule is CC(C)Cc1nnc2ccc(C(N)=O)cn12. The van der Waals surface area contributed by atoms with Crippen LogP contribution < -0.4 is 5.73 Å². The van der Waals surface area contributed by atoms with E-state index in [0.29, 0.717) is 11.5 Å². The van der Waals surface area contributed by atoms with Gasteiger partial charge in [0.2, 0.25) is 5.91 Å². The third kappa shape index (κ3) is 1.88. The van der Waals surface area contributed by atoms with Crippen molar-refractivity contribution in [2.75, 3.05) is 0 Å². The monoisotopic (exact) mass is 218 g/mol. The number of carbonyl (C=O) groups is 1. The van der Waals surface area contributed by atoms with Gasteiger partial charge in [-0.1, -0.05) is 13.8 Å². The molecule has 0 unspecified atom stereocenters. The number of amides is 1. The van der Waals surface area contributed by atoms with Crippen molar-refractivity contribution in [2.45, 2.75) is 20.3 Å². The molecule has 0 aromatic carbocycles. The zero-order chi connectivity index (χ0) is 11.7. The van der Waals surface area contributed by atoms with E-state index in [1.165, 1.54) is 0 Å². The predicted octanol–water partition coefficient (Wildman–Crippen LogP) is 1.03. The van der Waals surface area contributed by atoms with Gasteiger partial charge in [-0.15, -0.1) is 10.2 Å². The van der Waals surface area contributed by atoms with Crippen LogP contribution in [-0.4, -0.2) is 20.5 Å². The highest BCUT2D eigenvalue weighted by atomic mass is 16.1. The van der Waals surface area contributed by atoms with Crippen LogP contribution in [0.2, 0.25) is 0 Å². The second kappa shape index (κ2) is 3.92. The Morgan fingerprint density at radius 3 is 2.81 bits per heavy atom. The highest BCUT2D eigenvalue weighted by Crippen LogP contribution is 2.10. The number of primary amides is 1. The topological polar surface area (TPSA) is 73.3 Å². The molecule has 84 valence electrons. The zero-order valence-corrected chi connectivity index (χ0v) is 9.34. The van der Waals surface area contributed by atoms with Gasteiger partial charge in [-0.25, -0.2) is 0 Å². The van der Waals surface area contributed by atoms with E-state index in [0.717, 1.165) is 17.9 Å². The molecule has 5 heteroatoms. The maximum atomic E-state index is 11.1. The number of hydrogen-bond acceptors (Lipinski definition) is 3. The van der Waals surface area contributed by atoms with Gasteiger partial charge >= 0.3 is 0 Å². The molecule has 0 atom stereocenters. The van der Waals surface area contributed by atoms with Crippen LogP contribution in [0.25, 0.3) is 5.65 Å². The molecule has 2 rings (SSSR count). The maximum Gasteiger partial charge on any atom is 0.250 e. The first kappa shape index (κ1) is 10.6. The first-order valence-corrected chi connectivity index (χ1v) is 5.21. The van der Waals surface area contributed by atoms with Crippen molar-refractivity contribution < 1.29 is 4.79 Å². The Kier molecular flexibility index (Phi) is 2.60. The molecule has 0 fully saturated rings. The molecule has 0 saturated heterocycles. The second-order valence-electron chi connectivity index (χ2n) is 4.22. The van der Waals surface area contributed by atoms with Crippen LogP contribution in [-0.2, 0) is 6.42 Å². The Labute approximate surface area is 93.3 Å². The first-order chi connectivity index (χ1) is 7.58. The minimum Gasteiger partial charge on any atom is -0.366 e. The highest BCUT2D eigenvalue weighted by molar-refractivity contribution is 5.92. The number of fused-ring (bicyclic) bond motifs is 1. The summed E-state index contributed by atoms with van der Waals surface area (Å²) in [6.45, 7) is 4.22. The molecule has 0 aliphatic carbocycles. The van der Waals surface area contributed by atoms with Gasteiger partial charge < -0.3 is 5.73 Å². The van der Waals surface area contributed by atoms with Gasteiger partial charge in [0.15, 0.2) is 5.65 Å². The van der Waals surface area contributed by atoms with Gasteiger partial charge in [-0.05, 0) is 18.1 Å². The van der Waals surface area contributed by atoms with E-state index in [9.17, 15) is 4.79 Å². The van der Waals surface area contributed by atoms with Crippen LogP contribution >= 0.6 is 0 Å². The average Bonchev–Trinajstić information content (AvgIpc) is 2.60. The van der Waals surface area contributed by atoms with E-state index in [1.54, 1.807) is 18.3 Å². The van der Waals surface area contributed by atoms with Crippen molar-refractivity contribution in [3.8, 4) is 0 Å². The van der Waals surface area contributed by atoms with E-state index in [4.69, 9.17) is 5.73 Å². The fourth-order valence-electron chi connectivity index (χ4n) is 1.59. The van der Waals surface area contributed by atoms with Gasteiger partial charge in [0.1, 0.15) is 5.82 Å². The third-order valence-corrected chi connectivity index (χ3v) is 2.35. The van der Waals surface area contributed by atoms with Gasteiger partial charge in [-0.3, -0.25) is 9.20 Å². The summed E-state index contributed by atoms with van der Waals surface area (Å²) in [7, 11) is 0. The number of rotatable bonds is 3. The van der Waals surface area contributed by atoms with Crippen LogP contribution in [0.15, 0.2) is 18.3 Å². The maximum absolute atomic E-state index is 11.1. The lowest BCUT2D eigenvalue weighted by molar-refractivity contribution is 0.1000. The Balaban J connectivity index is 2.51. The summed E-state index contributed by atoms with van der Waals surface area (Å²) in [6.07, 6.45) is 2.51. The predicted molar refractivity (Wildman–Crippen MR) is 60.0 cm³/mol. The van der Waals surface area contributed by atoms with Crippen molar-refractivity contribution in [2.24, 2.45) is 11.7 Å². The summed E-state index contributed by atoms with van der Waals surface area (Å²) in [6, 6.07) is 3.41. The smallest absolute Gasteiger partial charge is 0.250 e. The van der Waals surface area contributed by atoms with Gasteiger partial charge in [-0.2, -0.15) is 0 Å². The summed E-state index contributed by atoms with van der Waals surface area (Å²) >= 11 is 0. The summed E-state index contributed by atoms with van der Waals surface area (Å²) in [5.74, 6) is 0.906. The average molecular weight is 218 g/mol.